The standard InChI is InChI=1S/C24H21N5O2/c1-15-3-6-17(12-26-15)21-23-22(18(11-25)14-28(23)13-16-4-5-16)27-29(24(21)30)19-7-9-20(31-2)10-8-19/h3,6-10,12,14,16H,4-5,13H2,1-2H3/i2D3. The van der Waals surface area contributed by atoms with Crippen molar-refractivity contribution >= 4 is 11.0 Å². The molecule has 7 heteroatoms. The Morgan fingerprint density at radius 3 is 2.71 bits per heavy atom. The van der Waals surface area contributed by atoms with E-state index in [1.807, 2.05) is 23.6 Å². The van der Waals surface area contributed by atoms with Crippen LogP contribution >= 0.6 is 0 Å². The molecule has 5 rings (SSSR count). The van der Waals surface area contributed by atoms with E-state index >= 15 is 0 Å². The van der Waals surface area contributed by atoms with Crippen molar-refractivity contribution in [3.8, 4) is 28.6 Å². The van der Waals surface area contributed by atoms with Gasteiger partial charge in [-0.25, -0.2) is 0 Å². The van der Waals surface area contributed by atoms with Crippen LogP contribution in [0.5, 0.6) is 5.75 Å². The van der Waals surface area contributed by atoms with E-state index in [2.05, 4.69) is 16.2 Å². The zero-order valence-electron chi connectivity index (χ0n) is 19.9. The number of aryl methyl sites for hydroxylation is 1. The fourth-order valence-corrected chi connectivity index (χ4v) is 3.77. The first kappa shape index (κ1) is 15.9. The number of benzene rings is 1. The molecule has 0 radical (unpaired) electrons. The van der Waals surface area contributed by atoms with Gasteiger partial charge in [0.25, 0.3) is 5.56 Å². The summed E-state index contributed by atoms with van der Waals surface area (Å²) in [7, 11) is -2.58. The Morgan fingerprint density at radius 1 is 1.26 bits per heavy atom. The minimum absolute atomic E-state index is 0.147. The normalized spacial score (nSPS) is 15.2. The van der Waals surface area contributed by atoms with E-state index in [-0.39, 0.29) is 11.3 Å². The lowest BCUT2D eigenvalue weighted by atomic mass is 10.1. The van der Waals surface area contributed by atoms with Gasteiger partial charge in [-0.2, -0.15) is 15.0 Å². The molecule has 0 atom stereocenters. The number of ether oxygens (including phenoxy) is 1. The summed E-state index contributed by atoms with van der Waals surface area (Å²) in [4.78, 5) is 18.2. The van der Waals surface area contributed by atoms with Crippen molar-refractivity contribution in [2.45, 2.75) is 26.3 Å². The zero-order chi connectivity index (χ0) is 24.0. The lowest BCUT2D eigenvalue weighted by Crippen LogP contribution is -2.24. The monoisotopic (exact) mass is 414 g/mol. The van der Waals surface area contributed by atoms with Crippen LogP contribution in [0.4, 0.5) is 0 Å². The summed E-state index contributed by atoms with van der Waals surface area (Å²) >= 11 is 0. The average molecular weight is 414 g/mol. The maximum absolute atomic E-state index is 13.8. The number of aromatic nitrogens is 4. The highest BCUT2D eigenvalue weighted by atomic mass is 16.5. The van der Waals surface area contributed by atoms with Crippen molar-refractivity contribution in [1.29, 1.82) is 5.26 Å². The second kappa shape index (κ2) is 7.40. The van der Waals surface area contributed by atoms with Crippen LogP contribution in [0, 0.1) is 24.2 Å². The van der Waals surface area contributed by atoms with Gasteiger partial charge in [0.2, 0.25) is 0 Å². The van der Waals surface area contributed by atoms with Crippen LogP contribution in [0.2, 0.25) is 0 Å². The van der Waals surface area contributed by atoms with Crippen molar-refractivity contribution < 1.29 is 8.85 Å². The molecule has 7 nitrogen and oxygen atoms in total. The van der Waals surface area contributed by atoms with Crippen LogP contribution in [0.3, 0.4) is 0 Å². The van der Waals surface area contributed by atoms with E-state index in [1.165, 1.54) is 16.8 Å². The van der Waals surface area contributed by atoms with Gasteiger partial charge in [0, 0.05) is 30.2 Å². The fourth-order valence-electron chi connectivity index (χ4n) is 3.77. The third kappa shape index (κ3) is 3.36. The number of pyridine rings is 1. The largest absolute Gasteiger partial charge is 0.497 e. The Kier molecular flexibility index (Phi) is 3.79. The number of methoxy groups -OCH3 is 1. The number of rotatable bonds is 5. The van der Waals surface area contributed by atoms with Crippen molar-refractivity contribution in [2.75, 3.05) is 7.04 Å². The zero-order valence-corrected chi connectivity index (χ0v) is 16.9. The summed E-state index contributed by atoms with van der Waals surface area (Å²) in [6.07, 6.45) is 5.66. The van der Waals surface area contributed by atoms with Crippen LogP contribution in [-0.2, 0) is 6.54 Å². The number of nitriles is 1. The molecule has 4 aromatic rings. The summed E-state index contributed by atoms with van der Waals surface area (Å²) in [6.45, 7) is 2.59. The molecule has 31 heavy (non-hydrogen) atoms. The van der Waals surface area contributed by atoms with E-state index in [1.54, 1.807) is 24.5 Å². The molecule has 1 aliphatic rings. The van der Waals surface area contributed by atoms with Gasteiger partial charge in [-0.3, -0.25) is 9.78 Å². The number of fused-ring (bicyclic) bond motifs is 1. The molecule has 0 aliphatic heterocycles. The van der Waals surface area contributed by atoms with Crippen LogP contribution in [0.1, 0.15) is 28.2 Å². The first-order valence-corrected chi connectivity index (χ1v) is 10.0. The van der Waals surface area contributed by atoms with Crippen LogP contribution in [-0.4, -0.2) is 26.4 Å². The molecule has 1 fully saturated rings. The summed E-state index contributed by atoms with van der Waals surface area (Å²) in [5.74, 6) is 0.675. The number of hydrogen-bond acceptors (Lipinski definition) is 5. The summed E-state index contributed by atoms with van der Waals surface area (Å²) in [5, 5.41) is 14.4. The SMILES string of the molecule is [2H]C([2H])([2H])Oc1ccc(-n2nc3c(C#N)cn(CC4CC4)c3c(-c3ccc(C)nc3)c2=O)cc1. The summed E-state index contributed by atoms with van der Waals surface area (Å²) in [5.41, 5.74) is 3.38. The molecule has 1 saturated carbocycles. The summed E-state index contributed by atoms with van der Waals surface area (Å²) in [6, 6.07) is 12.0. The molecule has 1 aromatic carbocycles. The minimum Gasteiger partial charge on any atom is -0.497 e. The molecule has 0 saturated heterocycles. The van der Waals surface area contributed by atoms with Crippen LogP contribution < -0.4 is 10.3 Å². The molecule has 0 amide bonds. The maximum Gasteiger partial charge on any atom is 0.281 e. The van der Waals surface area contributed by atoms with E-state index in [0.29, 0.717) is 39.3 Å². The quantitative estimate of drug-likeness (QED) is 0.495. The highest BCUT2D eigenvalue weighted by molar-refractivity contribution is 5.94. The van der Waals surface area contributed by atoms with Gasteiger partial charge in [0.05, 0.1) is 33.5 Å². The van der Waals surface area contributed by atoms with Crippen LogP contribution in [0.15, 0.2) is 53.6 Å². The Hall–Kier alpha value is -3.92. The van der Waals surface area contributed by atoms with Crippen molar-refractivity contribution in [2.24, 2.45) is 5.92 Å². The van der Waals surface area contributed by atoms with Crippen molar-refractivity contribution in [3.63, 3.8) is 0 Å². The second-order valence-corrected chi connectivity index (χ2v) is 7.82. The van der Waals surface area contributed by atoms with Crippen molar-refractivity contribution in [3.05, 3.63) is 70.4 Å². The predicted molar refractivity (Wildman–Crippen MR) is 117 cm³/mol. The van der Waals surface area contributed by atoms with E-state index in [0.717, 1.165) is 25.1 Å². The first-order chi connectivity index (χ1) is 16.2. The number of nitrogens with zero attached hydrogens (tertiary/aromatic N) is 5. The maximum atomic E-state index is 13.8. The van der Waals surface area contributed by atoms with Gasteiger partial charge in [-0.1, -0.05) is 6.07 Å². The Labute approximate surface area is 183 Å². The first-order valence-electron chi connectivity index (χ1n) is 11.5. The van der Waals surface area contributed by atoms with E-state index < -0.39 is 7.04 Å². The minimum atomic E-state index is -2.58. The highest BCUT2D eigenvalue weighted by Gasteiger charge is 2.26. The second-order valence-electron chi connectivity index (χ2n) is 7.82. The van der Waals surface area contributed by atoms with Gasteiger partial charge in [-0.05, 0) is 56.0 Å². The van der Waals surface area contributed by atoms with Gasteiger partial charge in [0.1, 0.15) is 17.3 Å². The highest BCUT2D eigenvalue weighted by Crippen LogP contribution is 2.34. The lowest BCUT2D eigenvalue weighted by molar-refractivity contribution is 0.414. The van der Waals surface area contributed by atoms with Crippen molar-refractivity contribution in [1.82, 2.24) is 19.3 Å². The Balaban J connectivity index is 1.74. The van der Waals surface area contributed by atoms with E-state index in [4.69, 9.17) is 8.85 Å². The van der Waals surface area contributed by atoms with Crippen LogP contribution in [0.25, 0.3) is 27.8 Å². The molecular weight excluding hydrogens is 390 g/mol. The molecule has 154 valence electrons. The molecule has 0 unspecified atom stereocenters. The third-order valence-corrected chi connectivity index (χ3v) is 5.57. The summed E-state index contributed by atoms with van der Waals surface area (Å²) < 4.78 is 29.9. The molecule has 1 aliphatic carbocycles. The molecule has 0 N–H and O–H groups in total. The average Bonchev–Trinajstić information content (AvgIpc) is 3.54. The predicted octanol–water partition coefficient (Wildman–Crippen LogP) is 3.85. The molecule has 0 spiro atoms. The van der Waals surface area contributed by atoms with Gasteiger partial charge in [-0.15, -0.1) is 0 Å². The topological polar surface area (TPSA) is 85.7 Å². The third-order valence-electron chi connectivity index (χ3n) is 5.57. The Morgan fingerprint density at radius 2 is 2.06 bits per heavy atom. The van der Waals surface area contributed by atoms with Gasteiger partial charge in [0.15, 0.2) is 0 Å². The van der Waals surface area contributed by atoms with E-state index in [9.17, 15) is 10.1 Å². The number of hydrogen-bond donors (Lipinski definition) is 0. The Bertz CT molecular complexity index is 1480. The lowest BCUT2D eigenvalue weighted by Gasteiger charge is -2.12. The molecule has 3 aromatic heterocycles. The van der Waals surface area contributed by atoms with Gasteiger partial charge >= 0.3 is 0 Å². The smallest absolute Gasteiger partial charge is 0.281 e. The molecule has 3 heterocycles. The molecular formula is C24H21N5O2. The van der Waals surface area contributed by atoms with Gasteiger partial charge < -0.3 is 9.30 Å². The fraction of sp³-hybridized carbons (Fsp3) is 0.250. The molecule has 0 bridgehead atoms.